The van der Waals surface area contributed by atoms with Gasteiger partial charge in [0.25, 0.3) is 0 Å². The lowest BCUT2D eigenvalue weighted by molar-refractivity contribution is -0.149. The van der Waals surface area contributed by atoms with Crippen LogP contribution >= 0.6 is 0 Å². The van der Waals surface area contributed by atoms with Gasteiger partial charge in [-0.25, -0.2) is 0 Å². The first-order valence-electron chi connectivity index (χ1n) is 5.38. The predicted octanol–water partition coefficient (Wildman–Crippen LogP) is 1.96. The molecule has 0 amide bonds. The van der Waals surface area contributed by atoms with E-state index in [2.05, 4.69) is 4.74 Å². The summed E-state index contributed by atoms with van der Waals surface area (Å²) in [5.41, 5.74) is 1.02. The van der Waals surface area contributed by atoms with E-state index < -0.39 is 12.0 Å². The number of hydrogen-bond donors (Lipinski definition) is 1. The number of ether oxygens (including phenoxy) is 1. The van der Waals surface area contributed by atoms with Crippen molar-refractivity contribution < 1.29 is 14.6 Å². The van der Waals surface area contributed by atoms with Crippen LogP contribution in [0.5, 0.6) is 0 Å². The Morgan fingerprint density at radius 3 is 2.31 bits per heavy atom. The minimum Gasteiger partial charge on any atom is -0.469 e. The highest BCUT2D eigenvalue weighted by molar-refractivity contribution is 5.72. The average molecular weight is 222 g/mol. The second-order valence-corrected chi connectivity index (χ2v) is 4.00. The van der Waals surface area contributed by atoms with Crippen LogP contribution in [-0.2, 0) is 9.53 Å². The third kappa shape index (κ3) is 2.83. The van der Waals surface area contributed by atoms with Gasteiger partial charge < -0.3 is 9.84 Å². The van der Waals surface area contributed by atoms with Gasteiger partial charge in [-0.1, -0.05) is 37.3 Å². The van der Waals surface area contributed by atoms with E-state index in [1.54, 1.807) is 6.92 Å². The van der Waals surface area contributed by atoms with Crippen molar-refractivity contribution in [2.75, 3.05) is 7.11 Å². The fourth-order valence-electron chi connectivity index (χ4n) is 1.71. The Hall–Kier alpha value is -1.35. The Morgan fingerprint density at radius 1 is 1.25 bits per heavy atom. The fraction of sp³-hybridized carbons (Fsp3) is 0.462. The second kappa shape index (κ2) is 5.66. The van der Waals surface area contributed by atoms with Crippen LogP contribution in [0.1, 0.15) is 25.3 Å². The Kier molecular flexibility index (Phi) is 4.50. The average Bonchev–Trinajstić information content (AvgIpc) is 2.36. The summed E-state index contributed by atoms with van der Waals surface area (Å²) in [6.07, 6.45) is -0.727. The standard InChI is InChI=1S/C13H18O3/c1-9(11-7-5-4-6-8-11)12(14)10(2)13(15)16-3/h4-10,12,14H,1-3H3. The molecule has 0 aromatic heterocycles. The molecular formula is C13H18O3. The van der Waals surface area contributed by atoms with Gasteiger partial charge in [-0.3, -0.25) is 4.79 Å². The van der Waals surface area contributed by atoms with Gasteiger partial charge in [0.1, 0.15) is 0 Å². The molecule has 0 aliphatic rings. The van der Waals surface area contributed by atoms with Crippen LogP contribution in [0.25, 0.3) is 0 Å². The smallest absolute Gasteiger partial charge is 0.311 e. The van der Waals surface area contributed by atoms with Crippen LogP contribution in [0.15, 0.2) is 30.3 Å². The second-order valence-electron chi connectivity index (χ2n) is 4.00. The zero-order chi connectivity index (χ0) is 12.1. The van der Waals surface area contributed by atoms with Crippen molar-refractivity contribution in [1.29, 1.82) is 0 Å². The summed E-state index contributed by atoms with van der Waals surface area (Å²) in [6, 6.07) is 9.64. The highest BCUT2D eigenvalue weighted by Crippen LogP contribution is 2.24. The van der Waals surface area contributed by atoms with Crippen LogP contribution in [0.3, 0.4) is 0 Å². The van der Waals surface area contributed by atoms with Gasteiger partial charge in [-0.2, -0.15) is 0 Å². The maximum Gasteiger partial charge on any atom is 0.311 e. The molecule has 88 valence electrons. The first kappa shape index (κ1) is 12.7. The number of hydrogen-bond acceptors (Lipinski definition) is 3. The maximum absolute atomic E-state index is 11.3. The van der Waals surface area contributed by atoms with E-state index in [1.807, 2.05) is 37.3 Å². The molecule has 0 saturated carbocycles. The number of aliphatic hydroxyl groups excluding tert-OH is 1. The molecule has 1 N–H and O–H groups in total. The predicted molar refractivity (Wildman–Crippen MR) is 62.0 cm³/mol. The SMILES string of the molecule is COC(=O)C(C)C(O)C(C)c1ccccc1. The molecule has 0 radical (unpaired) electrons. The van der Waals surface area contributed by atoms with Gasteiger partial charge in [-0.05, 0) is 12.5 Å². The summed E-state index contributed by atoms with van der Waals surface area (Å²) in [6.45, 7) is 3.58. The van der Waals surface area contributed by atoms with E-state index >= 15 is 0 Å². The minimum absolute atomic E-state index is 0.0877. The zero-order valence-corrected chi connectivity index (χ0v) is 9.88. The highest BCUT2D eigenvalue weighted by Gasteiger charge is 2.28. The molecule has 3 nitrogen and oxygen atoms in total. The van der Waals surface area contributed by atoms with Crippen molar-refractivity contribution in [3.8, 4) is 0 Å². The quantitative estimate of drug-likeness (QED) is 0.792. The molecule has 16 heavy (non-hydrogen) atoms. The van der Waals surface area contributed by atoms with Gasteiger partial charge in [0.2, 0.25) is 0 Å². The van der Waals surface area contributed by atoms with Crippen LogP contribution in [0.4, 0.5) is 0 Å². The van der Waals surface area contributed by atoms with E-state index in [4.69, 9.17) is 0 Å². The van der Waals surface area contributed by atoms with Gasteiger partial charge in [0.05, 0.1) is 19.1 Å². The lowest BCUT2D eigenvalue weighted by atomic mass is 9.88. The number of carbonyl (C=O) groups excluding carboxylic acids is 1. The van der Waals surface area contributed by atoms with Crippen molar-refractivity contribution in [2.24, 2.45) is 5.92 Å². The van der Waals surface area contributed by atoms with Crippen LogP contribution in [0, 0.1) is 5.92 Å². The lowest BCUT2D eigenvalue weighted by Gasteiger charge is -2.23. The third-order valence-electron chi connectivity index (χ3n) is 2.92. The van der Waals surface area contributed by atoms with Crippen molar-refractivity contribution in [2.45, 2.75) is 25.9 Å². The maximum atomic E-state index is 11.3. The Morgan fingerprint density at radius 2 is 1.81 bits per heavy atom. The number of benzene rings is 1. The van der Waals surface area contributed by atoms with Gasteiger partial charge in [-0.15, -0.1) is 0 Å². The normalized spacial score (nSPS) is 16.2. The Balaban J connectivity index is 2.74. The molecule has 3 atom stereocenters. The van der Waals surface area contributed by atoms with Crippen molar-refractivity contribution in [1.82, 2.24) is 0 Å². The summed E-state index contributed by atoms with van der Waals surface area (Å²) in [5, 5.41) is 10.0. The Labute approximate surface area is 96.1 Å². The van der Waals surface area contributed by atoms with E-state index in [0.717, 1.165) is 5.56 Å². The molecule has 0 aliphatic heterocycles. The van der Waals surface area contributed by atoms with E-state index in [0.29, 0.717) is 0 Å². The fourth-order valence-corrected chi connectivity index (χ4v) is 1.71. The number of rotatable bonds is 4. The van der Waals surface area contributed by atoms with Crippen LogP contribution in [-0.4, -0.2) is 24.3 Å². The molecule has 0 saturated heterocycles. The topological polar surface area (TPSA) is 46.5 Å². The first-order chi connectivity index (χ1) is 7.57. The summed E-state index contributed by atoms with van der Waals surface area (Å²) in [7, 11) is 1.33. The van der Waals surface area contributed by atoms with E-state index in [1.165, 1.54) is 7.11 Å². The first-order valence-corrected chi connectivity index (χ1v) is 5.38. The minimum atomic E-state index is -0.727. The molecule has 0 spiro atoms. The molecule has 0 aliphatic carbocycles. The van der Waals surface area contributed by atoms with Crippen molar-refractivity contribution >= 4 is 5.97 Å². The summed E-state index contributed by atoms with van der Waals surface area (Å²) < 4.78 is 4.62. The monoisotopic (exact) mass is 222 g/mol. The van der Waals surface area contributed by atoms with E-state index in [9.17, 15) is 9.90 Å². The van der Waals surface area contributed by atoms with Crippen molar-refractivity contribution in [3.63, 3.8) is 0 Å². The van der Waals surface area contributed by atoms with E-state index in [-0.39, 0.29) is 11.9 Å². The van der Waals surface area contributed by atoms with Gasteiger partial charge >= 0.3 is 5.97 Å². The van der Waals surface area contributed by atoms with Gasteiger partial charge in [0, 0.05) is 5.92 Å². The summed E-state index contributed by atoms with van der Waals surface area (Å²) >= 11 is 0. The summed E-state index contributed by atoms with van der Waals surface area (Å²) in [4.78, 5) is 11.3. The molecule has 1 rings (SSSR count). The molecular weight excluding hydrogens is 204 g/mol. The molecule has 0 fully saturated rings. The highest BCUT2D eigenvalue weighted by atomic mass is 16.5. The zero-order valence-electron chi connectivity index (χ0n) is 9.88. The lowest BCUT2D eigenvalue weighted by Crippen LogP contribution is -2.30. The number of carbonyl (C=O) groups is 1. The number of methoxy groups -OCH3 is 1. The molecule has 1 aromatic rings. The van der Waals surface area contributed by atoms with Crippen LogP contribution in [0.2, 0.25) is 0 Å². The molecule has 1 aromatic carbocycles. The largest absolute Gasteiger partial charge is 0.469 e. The Bertz CT molecular complexity index is 334. The number of esters is 1. The van der Waals surface area contributed by atoms with Gasteiger partial charge in [0.15, 0.2) is 0 Å². The molecule has 0 heterocycles. The van der Waals surface area contributed by atoms with Crippen molar-refractivity contribution in [3.05, 3.63) is 35.9 Å². The molecule has 0 bridgehead atoms. The van der Waals surface area contributed by atoms with Crippen LogP contribution < -0.4 is 0 Å². The number of aliphatic hydroxyl groups is 1. The molecule has 3 heteroatoms. The molecule has 3 unspecified atom stereocenters. The summed E-state index contributed by atoms with van der Waals surface area (Å²) in [5.74, 6) is -0.981. The third-order valence-corrected chi connectivity index (χ3v) is 2.92.